The van der Waals surface area contributed by atoms with E-state index in [1.54, 1.807) is 0 Å². The van der Waals surface area contributed by atoms with Crippen molar-refractivity contribution in [2.45, 2.75) is 25.4 Å². The van der Waals surface area contributed by atoms with E-state index in [0.717, 1.165) is 25.9 Å². The summed E-state index contributed by atoms with van der Waals surface area (Å²) in [6, 6.07) is 10.1. The number of halogens is 1. The Kier molecular flexibility index (Phi) is 8.35. The molecule has 2 amide bonds. The Labute approximate surface area is 161 Å². The van der Waals surface area contributed by atoms with Crippen LogP contribution in [0.5, 0.6) is 0 Å². The smallest absolute Gasteiger partial charge is 0.253 e. The molecule has 7 heteroatoms. The highest BCUT2D eigenvalue weighted by Gasteiger charge is 2.28. The van der Waals surface area contributed by atoms with Gasteiger partial charge in [-0.2, -0.15) is 0 Å². The molecule has 0 bridgehead atoms. The predicted molar refractivity (Wildman–Crippen MR) is 102 cm³/mol. The van der Waals surface area contributed by atoms with Gasteiger partial charge in [0.2, 0.25) is 5.91 Å². The van der Waals surface area contributed by atoms with Crippen molar-refractivity contribution in [2.75, 3.05) is 45.9 Å². The highest BCUT2D eigenvalue weighted by molar-refractivity contribution is 5.85. The summed E-state index contributed by atoms with van der Waals surface area (Å²) >= 11 is 0. The maximum Gasteiger partial charge on any atom is 0.253 e. The van der Waals surface area contributed by atoms with Gasteiger partial charge in [-0.3, -0.25) is 9.59 Å². The van der Waals surface area contributed by atoms with Crippen LogP contribution in [-0.4, -0.2) is 73.6 Å². The van der Waals surface area contributed by atoms with Crippen molar-refractivity contribution >= 4 is 24.2 Å². The molecule has 1 aromatic rings. The third-order valence-corrected chi connectivity index (χ3v) is 4.83. The van der Waals surface area contributed by atoms with Gasteiger partial charge in [-0.05, 0) is 18.4 Å². The Morgan fingerprint density at radius 3 is 2.54 bits per heavy atom. The van der Waals surface area contributed by atoms with Gasteiger partial charge in [-0.25, -0.2) is 0 Å². The molecule has 2 heterocycles. The second-order valence-corrected chi connectivity index (χ2v) is 6.61. The lowest BCUT2D eigenvalue weighted by Gasteiger charge is -2.29. The van der Waals surface area contributed by atoms with Crippen molar-refractivity contribution in [2.24, 2.45) is 0 Å². The van der Waals surface area contributed by atoms with Crippen molar-refractivity contribution in [3.63, 3.8) is 0 Å². The Morgan fingerprint density at radius 2 is 1.81 bits per heavy atom. The van der Waals surface area contributed by atoms with Crippen LogP contribution in [0.2, 0.25) is 0 Å². The number of hydrogen-bond donors (Lipinski definition) is 1. The van der Waals surface area contributed by atoms with Gasteiger partial charge in [0.15, 0.2) is 0 Å². The molecular formula is C19H28ClN3O3. The number of rotatable bonds is 4. The van der Waals surface area contributed by atoms with Crippen LogP contribution < -0.4 is 5.32 Å². The Hall–Kier alpha value is -1.63. The zero-order valence-electron chi connectivity index (χ0n) is 15.1. The topological polar surface area (TPSA) is 61.9 Å². The first-order valence-corrected chi connectivity index (χ1v) is 9.17. The number of benzene rings is 1. The van der Waals surface area contributed by atoms with Crippen molar-refractivity contribution in [3.05, 3.63) is 35.9 Å². The first kappa shape index (κ1) is 20.7. The van der Waals surface area contributed by atoms with Crippen LogP contribution in [0, 0.1) is 0 Å². The maximum atomic E-state index is 12.6. The van der Waals surface area contributed by atoms with E-state index in [4.69, 9.17) is 4.74 Å². The molecule has 0 radical (unpaired) electrons. The average Bonchev–Trinajstić information content (AvgIpc) is 2.93. The summed E-state index contributed by atoms with van der Waals surface area (Å²) in [5.74, 6) is 0.222. The summed E-state index contributed by atoms with van der Waals surface area (Å²) in [5, 5.41) is 3.19. The average molecular weight is 382 g/mol. The minimum atomic E-state index is -0.380. The lowest BCUT2D eigenvalue weighted by Crippen LogP contribution is -2.50. The molecular weight excluding hydrogens is 354 g/mol. The second kappa shape index (κ2) is 10.5. The summed E-state index contributed by atoms with van der Waals surface area (Å²) in [7, 11) is 0. The molecule has 6 nitrogen and oxygen atoms in total. The molecule has 2 aliphatic heterocycles. The highest BCUT2D eigenvalue weighted by Crippen LogP contribution is 2.11. The minimum absolute atomic E-state index is 0. The molecule has 26 heavy (non-hydrogen) atoms. The van der Waals surface area contributed by atoms with E-state index in [1.165, 1.54) is 5.56 Å². The molecule has 0 saturated carbocycles. The fourth-order valence-electron chi connectivity index (χ4n) is 3.37. The molecule has 0 aromatic heterocycles. The minimum Gasteiger partial charge on any atom is -0.366 e. The number of morpholine rings is 1. The van der Waals surface area contributed by atoms with Crippen LogP contribution in [0.3, 0.4) is 0 Å². The van der Waals surface area contributed by atoms with E-state index in [1.807, 2.05) is 40.1 Å². The van der Waals surface area contributed by atoms with Crippen LogP contribution in [0.15, 0.2) is 30.3 Å². The summed E-state index contributed by atoms with van der Waals surface area (Å²) in [4.78, 5) is 28.8. The molecule has 2 aliphatic rings. The van der Waals surface area contributed by atoms with Gasteiger partial charge in [0.1, 0.15) is 6.10 Å². The van der Waals surface area contributed by atoms with Crippen molar-refractivity contribution < 1.29 is 14.3 Å². The van der Waals surface area contributed by atoms with Gasteiger partial charge in [-0.1, -0.05) is 30.3 Å². The molecule has 3 rings (SSSR count). The first-order valence-electron chi connectivity index (χ1n) is 9.17. The zero-order chi connectivity index (χ0) is 17.5. The van der Waals surface area contributed by atoms with E-state index >= 15 is 0 Å². The third kappa shape index (κ3) is 5.69. The van der Waals surface area contributed by atoms with Crippen LogP contribution >= 0.6 is 12.4 Å². The van der Waals surface area contributed by atoms with Gasteiger partial charge >= 0.3 is 0 Å². The Balaban J connectivity index is 0.00000243. The normalized spacial score (nSPS) is 20.8. The van der Waals surface area contributed by atoms with Crippen LogP contribution in [0.1, 0.15) is 18.4 Å². The predicted octanol–water partition coefficient (Wildman–Crippen LogP) is 1.09. The van der Waals surface area contributed by atoms with Crippen LogP contribution in [0.4, 0.5) is 0 Å². The van der Waals surface area contributed by atoms with E-state index in [0.29, 0.717) is 39.2 Å². The summed E-state index contributed by atoms with van der Waals surface area (Å²) in [6.07, 6.45) is 1.73. The van der Waals surface area contributed by atoms with Crippen molar-refractivity contribution in [3.8, 4) is 0 Å². The molecule has 1 atom stereocenters. The van der Waals surface area contributed by atoms with E-state index in [9.17, 15) is 9.59 Å². The summed E-state index contributed by atoms with van der Waals surface area (Å²) < 4.78 is 5.56. The number of amides is 2. The van der Waals surface area contributed by atoms with Crippen LogP contribution in [-0.2, 0) is 20.7 Å². The monoisotopic (exact) mass is 381 g/mol. The maximum absolute atomic E-state index is 12.6. The van der Waals surface area contributed by atoms with Gasteiger partial charge in [0, 0.05) is 45.7 Å². The first-order chi connectivity index (χ1) is 12.2. The number of carbonyl (C=O) groups excluding carboxylic acids is 2. The van der Waals surface area contributed by atoms with Gasteiger partial charge < -0.3 is 19.9 Å². The summed E-state index contributed by atoms with van der Waals surface area (Å²) in [5.41, 5.74) is 1.18. The SMILES string of the molecule is Cl.O=C(CCc1ccccc1)N1CCCN(C(=O)C2CNCCO2)CC1. The Morgan fingerprint density at radius 1 is 1.08 bits per heavy atom. The van der Waals surface area contributed by atoms with Crippen molar-refractivity contribution in [1.82, 2.24) is 15.1 Å². The number of nitrogens with zero attached hydrogens (tertiary/aromatic N) is 2. The molecule has 0 spiro atoms. The zero-order valence-corrected chi connectivity index (χ0v) is 15.9. The van der Waals surface area contributed by atoms with E-state index < -0.39 is 0 Å². The fraction of sp³-hybridized carbons (Fsp3) is 0.579. The second-order valence-electron chi connectivity index (χ2n) is 6.61. The number of nitrogens with one attached hydrogen (secondary N) is 1. The van der Waals surface area contributed by atoms with Gasteiger partial charge in [0.05, 0.1) is 6.61 Å². The van der Waals surface area contributed by atoms with E-state index in [2.05, 4.69) is 5.32 Å². The van der Waals surface area contributed by atoms with Gasteiger partial charge in [0.25, 0.3) is 5.91 Å². The molecule has 144 valence electrons. The lowest BCUT2D eigenvalue weighted by atomic mass is 10.1. The molecule has 1 aromatic carbocycles. The fourth-order valence-corrected chi connectivity index (χ4v) is 3.37. The number of aryl methyl sites for hydroxylation is 1. The molecule has 2 saturated heterocycles. The van der Waals surface area contributed by atoms with E-state index in [-0.39, 0.29) is 30.3 Å². The molecule has 1 N–H and O–H groups in total. The number of ether oxygens (including phenoxy) is 1. The molecule has 1 unspecified atom stereocenters. The lowest BCUT2D eigenvalue weighted by molar-refractivity contribution is -0.145. The van der Waals surface area contributed by atoms with Crippen LogP contribution in [0.25, 0.3) is 0 Å². The third-order valence-electron chi connectivity index (χ3n) is 4.83. The standard InChI is InChI=1S/C19H27N3O3.ClH/c23-18(8-7-16-5-2-1-3-6-16)21-10-4-11-22(13-12-21)19(24)17-15-20-9-14-25-17;/h1-3,5-6,17,20H,4,7-15H2;1H. The van der Waals surface area contributed by atoms with Gasteiger partial charge in [-0.15, -0.1) is 12.4 Å². The Bertz CT molecular complexity index is 579. The summed E-state index contributed by atoms with van der Waals surface area (Å²) in [6.45, 7) is 4.58. The quantitative estimate of drug-likeness (QED) is 0.848. The number of carbonyl (C=O) groups is 2. The van der Waals surface area contributed by atoms with Crippen molar-refractivity contribution in [1.29, 1.82) is 0 Å². The highest BCUT2D eigenvalue weighted by atomic mass is 35.5. The molecule has 0 aliphatic carbocycles. The number of hydrogen-bond acceptors (Lipinski definition) is 4. The largest absolute Gasteiger partial charge is 0.366 e. The molecule has 2 fully saturated rings.